The topological polar surface area (TPSA) is 135 Å². The molecule has 10 nitrogen and oxygen atoms in total. The number of rotatable bonds is 9. The molecule has 1 fully saturated rings. The molecule has 2 unspecified atom stereocenters. The van der Waals surface area contributed by atoms with Crippen LogP contribution in [0.3, 0.4) is 0 Å². The first-order chi connectivity index (χ1) is 16.8. The fraction of sp³-hybridized carbons (Fsp3) is 0.400. The number of nitrogens with zero attached hydrogens (tertiary/aromatic N) is 1. The number of ether oxygens (including phenoxy) is 3. The maximum atomic E-state index is 13.3. The molecule has 1 saturated heterocycles. The van der Waals surface area contributed by atoms with Gasteiger partial charge in [0.15, 0.2) is 6.29 Å². The van der Waals surface area contributed by atoms with Crippen molar-refractivity contribution in [3.8, 4) is 0 Å². The van der Waals surface area contributed by atoms with Crippen LogP contribution in [0.4, 0.5) is 4.79 Å². The summed E-state index contributed by atoms with van der Waals surface area (Å²) in [6.45, 7) is 0.952. The zero-order valence-corrected chi connectivity index (χ0v) is 19.6. The zero-order valence-electron chi connectivity index (χ0n) is 19.6. The molecule has 10 heteroatoms. The average Bonchev–Trinajstić information content (AvgIpc) is 3.12. The van der Waals surface area contributed by atoms with E-state index in [2.05, 4.69) is 5.32 Å². The lowest BCUT2D eigenvalue weighted by Crippen LogP contribution is -2.55. The van der Waals surface area contributed by atoms with Crippen LogP contribution in [0, 0.1) is 0 Å². The second-order valence-corrected chi connectivity index (χ2v) is 8.20. The molecule has 1 aliphatic heterocycles. The molecule has 35 heavy (non-hydrogen) atoms. The van der Waals surface area contributed by atoms with E-state index in [1.807, 2.05) is 24.3 Å². The van der Waals surface area contributed by atoms with E-state index >= 15 is 0 Å². The van der Waals surface area contributed by atoms with Crippen molar-refractivity contribution in [2.75, 3.05) is 13.7 Å². The van der Waals surface area contributed by atoms with E-state index < -0.39 is 48.6 Å². The maximum absolute atomic E-state index is 13.3. The largest absolute Gasteiger partial charge is 0.467 e. The summed E-state index contributed by atoms with van der Waals surface area (Å²) in [4.78, 5) is 38.9. The predicted molar refractivity (Wildman–Crippen MR) is 124 cm³/mol. The first-order valence-corrected chi connectivity index (χ1v) is 11.2. The Hall–Kier alpha value is -3.47. The quantitative estimate of drug-likeness (QED) is 0.447. The van der Waals surface area contributed by atoms with Gasteiger partial charge in [0.25, 0.3) is 0 Å². The minimum atomic E-state index is -1.58. The lowest BCUT2D eigenvalue weighted by molar-refractivity contribution is -0.149. The standard InChI is InChI=1S/C25H30N2O8/c1-16(28)26-21-20(35-24(31)22(21)29)14-27(25(32)34-15-18-11-7-4-8-12-18)19(23(30)33-2)13-17-9-5-3-6-10-17/h3-12,19-22,24,29,31H,13-15H2,1-2H3,(H,26,28)/t19?,20-,21+,22-,24?/m1/s1. The van der Waals surface area contributed by atoms with Crippen molar-refractivity contribution in [3.63, 3.8) is 0 Å². The van der Waals surface area contributed by atoms with Crippen LogP contribution < -0.4 is 5.32 Å². The van der Waals surface area contributed by atoms with Crippen molar-refractivity contribution in [2.24, 2.45) is 0 Å². The van der Waals surface area contributed by atoms with Crippen molar-refractivity contribution in [1.82, 2.24) is 10.2 Å². The van der Waals surface area contributed by atoms with Gasteiger partial charge in [-0.2, -0.15) is 0 Å². The molecular formula is C25H30N2O8. The molecule has 3 rings (SSSR count). The highest BCUT2D eigenvalue weighted by molar-refractivity contribution is 5.82. The highest BCUT2D eigenvalue weighted by atomic mass is 16.6. The molecule has 0 bridgehead atoms. The molecule has 3 N–H and O–H groups in total. The SMILES string of the molecule is COC(=O)C(Cc1ccccc1)N(C[C@H]1OC(O)[C@H](O)[C@H]1NC(C)=O)C(=O)OCc1ccccc1. The number of carbonyl (C=O) groups excluding carboxylic acids is 3. The molecule has 0 aromatic heterocycles. The van der Waals surface area contributed by atoms with Gasteiger partial charge in [-0.05, 0) is 11.1 Å². The number of hydrogen-bond acceptors (Lipinski definition) is 8. The van der Waals surface area contributed by atoms with Crippen LogP contribution >= 0.6 is 0 Å². The summed E-state index contributed by atoms with van der Waals surface area (Å²) in [5.74, 6) is -1.13. The number of benzene rings is 2. The Morgan fingerprint density at radius 3 is 2.20 bits per heavy atom. The van der Waals surface area contributed by atoms with Crippen molar-refractivity contribution in [3.05, 3.63) is 71.8 Å². The van der Waals surface area contributed by atoms with Gasteiger partial charge in [0.05, 0.1) is 19.7 Å². The Balaban J connectivity index is 1.88. The second-order valence-electron chi connectivity index (χ2n) is 8.20. The lowest BCUT2D eigenvalue weighted by atomic mass is 10.0. The molecule has 1 aliphatic rings. The van der Waals surface area contributed by atoms with Crippen molar-refractivity contribution >= 4 is 18.0 Å². The van der Waals surface area contributed by atoms with Gasteiger partial charge in [-0.15, -0.1) is 0 Å². The fourth-order valence-electron chi connectivity index (χ4n) is 3.93. The molecule has 0 aliphatic carbocycles. The number of carbonyl (C=O) groups is 3. The van der Waals surface area contributed by atoms with E-state index in [-0.39, 0.29) is 19.6 Å². The van der Waals surface area contributed by atoms with Crippen molar-refractivity contribution in [1.29, 1.82) is 0 Å². The molecule has 1 heterocycles. The number of methoxy groups -OCH3 is 1. The molecule has 5 atom stereocenters. The van der Waals surface area contributed by atoms with Gasteiger partial charge in [-0.25, -0.2) is 9.59 Å². The molecule has 188 valence electrons. The van der Waals surface area contributed by atoms with Crippen molar-refractivity contribution < 1.29 is 38.8 Å². The minimum Gasteiger partial charge on any atom is -0.467 e. The summed E-state index contributed by atoms with van der Waals surface area (Å²) in [5, 5.41) is 22.9. The third-order valence-electron chi connectivity index (χ3n) is 5.68. The van der Waals surface area contributed by atoms with Gasteiger partial charge in [0.2, 0.25) is 5.91 Å². The van der Waals surface area contributed by atoms with E-state index in [0.717, 1.165) is 16.0 Å². The number of hydrogen-bond donors (Lipinski definition) is 3. The minimum absolute atomic E-state index is 0.0404. The molecule has 2 aromatic rings. The zero-order chi connectivity index (χ0) is 25.4. The molecule has 0 radical (unpaired) electrons. The smallest absolute Gasteiger partial charge is 0.410 e. The average molecular weight is 487 g/mol. The van der Waals surface area contributed by atoms with Crippen molar-refractivity contribution in [2.45, 2.75) is 50.5 Å². The predicted octanol–water partition coefficient (Wildman–Crippen LogP) is 0.992. The van der Waals surface area contributed by atoms with E-state index in [1.165, 1.54) is 14.0 Å². The summed E-state index contributed by atoms with van der Waals surface area (Å²) < 4.78 is 15.9. The van der Waals surface area contributed by atoms with Gasteiger partial charge < -0.3 is 29.7 Å². The first kappa shape index (κ1) is 26.1. The third-order valence-corrected chi connectivity index (χ3v) is 5.68. The van der Waals surface area contributed by atoms with Gasteiger partial charge in [0.1, 0.15) is 24.9 Å². The fourth-order valence-corrected chi connectivity index (χ4v) is 3.93. The summed E-state index contributed by atoms with van der Waals surface area (Å²) in [6.07, 6.45) is -4.71. The van der Waals surface area contributed by atoms with E-state index in [9.17, 15) is 24.6 Å². The maximum Gasteiger partial charge on any atom is 0.410 e. The third kappa shape index (κ3) is 7.01. The first-order valence-electron chi connectivity index (χ1n) is 11.2. The van der Waals surface area contributed by atoms with Gasteiger partial charge in [-0.1, -0.05) is 60.7 Å². The van der Waals surface area contributed by atoms with E-state index in [4.69, 9.17) is 14.2 Å². The van der Waals surface area contributed by atoms with Crippen LogP contribution in [-0.2, 0) is 36.8 Å². The highest BCUT2D eigenvalue weighted by Gasteiger charge is 2.46. The number of esters is 1. The van der Waals surface area contributed by atoms with Gasteiger partial charge >= 0.3 is 12.1 Å². The van der Waals surface area contributed by atoms with E-state index in [1.54, 1.807) is 36.4 Å². The van der Waals surface area contributed by atoms with E-state index in [0.29, 0.717) is 0 Å². The molecule has 0 saturated carbocycles. The number of aliphatic hydroxyl groups is 2. The number of aliphatic hydroxyl groups excluding tert-OH is 2. The normalized spacial score (nSPS) is 22.2. The Labute approximate surface area is 203 Å². The Morgan fingerprint density at radius 2 is 1.63 bits per heavy atom. The molecule has 2 amide bonds. The highest BCUT2D eigenvalue weighted by Crippen LogP contribution is 2.23. The number of amides is 2. The molecular weight excluding hydrogens is 456 g/mol. The van der Waals surface area contributed by atoms with Crippen LogP contribution in [0.25, 0.3) is 0 Å². The number of nitrogens with one attached hydrogen (secondary N) is 1. The summed E-state index contributed by atoms with van der Waals surface area (Å²) >= 11 is 0. The van der Waals surface area contributed by atoms with Gasteiger partial charge in [-0.3, -0.25) is 9.69 Å². The monoisotopic (exact) mass is 486 g/mol. The lowest BCUT2D eigenvalue weighted by Gasteiger charge is -2.32. The molecule has 0 spiro atoms. The van der Waals surface area contributed by atoms with Crippen LogP contribution in [0.1, 0.15) is 18.1 Å². The van der Waals surface area contributed by atoms with Crippen LogP contribution in [-0.4, -0.2) is 77.3 Å². The second kappa shape index (κ2) is 12.3. The van der Waals surface area contributed by atoms with Crippen LogP contribution in [0.2, 0.25) is 0 Å². The van der Waals surface area contributed by atoms with Crippen LogP contribution in [0.15, 0.2) is 60.7 Å². The summed E-state index contributed by atoms with van der Waals surface area (Å²) in [5.41, 5.74) is 1.52. The molecule has 2 aromatic carbocycles. The van der Waals surface area contributed by atoms with Crippen LogP contribution in [0.5, 0.6) is 0 Å². The Bertz CT molecular complexity index is 987. The summed E-state index contributed by atoms with van der Waals surface area (Å²) in [6, 6.07) is 16.0. The van der Waals surface area contributed by atoms with Gasteiger partial charge in [0, 0.05) is 13.3 Å². The Morgan fingerprint density at radius 1 is 1.03 bits per heavy atom. The Kier molecular flexibility index (Phi) is 9.18. The summed E-state index contributed by atoms with van der Waals surface area (Å²) in [7, 11) is 1.22.